The summed E-state index contributed by atoms with van der Waals surface area (Å²) < 4.78 is 0. The summed E-state index contributed by atoms with van der Waals surface area (Å²) >= 11 is 1.91. The van der Waals surface area contributed by atoms with Crippen molar-refractivity contribution in [1.82, 2.24) is 9.88 Å². The maximum atomic E-state index is 5.13. The van der Waals surface area contributed by atoms with Crippen molar-refractivity contribution in [3.05, 3.63) is 58.9 Å². The summed E-state index contributed by atoms with van der Waals surface area (Å²) in [6.07, 6.45) is 4.51. The van der Waals surface area contributed by atoms with Crippen LogP contribution in [0, 0.1) is 13.8 Å². The van der Waals surface area contributed by atoms with E-state index in [4.69, 9.17) is 4.99 Å². The van der Waals surface area contributed by atoms with E-state index < -0.39 is 0 Å². The molecule has 0 amide bonds. The smallest absolute Gasteiger partial charge is 0.160 e. The van der Waals surface area contributed by atoms with Crippen molar-refractivity contribution in [1.29, 1.82) is 0 Å². The highest BCUT2D eigenvalue weighted by Gasteiger charge is 2.44. The zero-order chi connectivity index (χ0) is 19.3. The van der Waals surface area contributed by atoms with Crippen LogP contribution in [0.2, 0.25) is 0 Å². The molecule has 0 saturated carbocycles. The zero-order valence-electron chi connectivity index (χ0n) is 16.9. The first-order valence-electron chi connectivity index (χ1n) is 10.4. The topological polar surface area (TPSA) is 31.7 Å². The molecule has 2 fully saturated rings. The Morgan fingerprint density at radius 2 is 1.89 bits per heavy atom. The summed E-state index contributed by atoms with van der Waals surface area (Å²) in [5.74, 6) is 0. The number of hydrogen-bond acceptors (Lipinski definition) is 5. The normalized spacial score (nSPS) is 26.7. The van der Waals surface area contributed by atoms with Crippen LogP contribution in [0.15, 0.2) is 41.5 Å². The Kier molecular flexibility index (Phi) is 4.58. The van der Waals surface area contributed by atoms with Crippen LogP contribution < -0.4 is 4.90 Å². The summed E-state index contributed by atoms with van der Waals surface area (Å²) in [7, 11) is 0. The van der Waals surface area contributed by atoms with Gasteiger partial charge in [0, 0.05) is 36.8 Å². The molecule has 4 nitrogen and oxygen atoms in total. The zero-order valence-corrected chi connectivity index (χ0v) is 17.7. The number of fused-ring (bicyclic) bond motifs is 1. The van der Waals surface area contributed by atoms with E-state index in [-0.39, 0.29) is 12.1 Å². The Hall–Kier alpha value is -2.01. The Morgan fingerprint density at radius 3 is 2.64 bits per heavy atom. The van der Waals surface area contributed by atoms with Gasteiger partial charge in [0.15, 0.2) is 5.17 Å². The minimum absolute atomic E-state index is 0.0759. The van der Waals surface area contributed by atoms with Crippen molar-refractivity contribution in [3.8, 4) is 0 Å². The van der Waals surface area contributed by atoms with E-state index in [1.165, 1.54) is 53.5 Å². The minimum atomic E-state index is 0.0759. The molecule has 1 aromatic carbocycles. The molecule has 4 heterocycles. The maximum Gasteiger partial charge on any atom is 0.160 e. The van der Waals surface area contributed by atoms with Crippen molar-refractivity contribution in [2.45, 2.75) is 50.9 Å². The third-order valence-corrected chi connectivity index (χ3v) is 7.33. The monoisotopic (exact) mass is 392 g/mol. The summed E-state index contributed by atoms with van der Waals surface area (Å²) in [4.78, 5) is 14.9. The van der Waals surface area contributed by atoms with E-state index in [0.29, 0.717) is 5.25 Å². The fourth-order valence-corrected chi connectivity index (χ4v) is 5.99. The van der Waals surface area contributed by atoms with Gasteiger partial charge in [0.2, 0.25) is 0 Å². The molecule has 0 aliphatic carbocycles. The molecule has 3 aliphatic rings. The number of nitrogens with zero attached hydrogens (tertiary/aromatic N) is 4. The quantitative estimate of drug-likeness (QED) is 0.744. The molecule has 28 heavy (non-hydrogen) atoms. The first-order chi connectivity index (χ1) is 13.6. The van der Waals surface area contributed by atoms with E-state index in [0.717, 1.165) is 12.2 Å². The number of aryl methyl sites for hydroxylation is 2. The lowest BCUT2D eigenvalue weighted by Gasteiger charge is -2.30. The molecule has 5 heteroatoms. The molecule has 3 unspecified atom stereocenters. The van der Waals surface area contributed by atoms with Crippen LogP contribution in [0.1, 0.15) is 54.2 Å². The van der Waals surface area contributed by atoms with Crippen molar-refractivity contribution < 1.29 is 0 Å². The standard InChI is InChI=1S/C23H28N4S/c1-15-13-20(26-10-6-7-11-26)16(2)12-18(15)22-21(19-8-4-5-9-24-19)25-23-27(22)14-17(3)28-23/h4-5,8-9,12-13,17,21-22H,6-7,10-11,14H2,1-3H3. The van der Waals surface area contributed by atoms with Gasteiger partial charge in [0.05, 0.1) is 11.7 Å². The number of rotatable bonds is 3. The number of benzene rings is 1. The summed E-state index contributed by atoms with van der Waals surface area (Å²) in [5, 5.41) is 1.78. The molecular formula is C23H28N4S. The number of thioether (sulfide) groups is 1. The maximum absolute atomic E-state index is 5.13. The van der Waals surface area contributed by atoms with Gasteiger partial charge >= 0.3 is 0 Å². The first kappa shape index (κ1) is 18.0. The Balaban J connectivity index is 1.57. The third-order valence-electron chi connectivity index (χ3n) is 6.23. The van der Waals surface area contributed by atoms with Gasteiger partial charge in [-0.1, -0.05) is 30.8 Å². The molecule has 5 rings (SSSR count). The van der Waals surface area contributed by atoms with Crippen LogP contribution in [0.25, 0.3) is 0 Å². The summed E-state index contributed by atoms with van der Waals surface area (Å²) in [6.45, 7) is 10.3. The lowest BCUT2D eigenvalue weighted by Crippen LogP contribution is -2.29. The second-order valence-corrected chi connectivity index (χ2v) is 9.73. The second kappa shape index (κ2) is 7.11. The van der Waals surface area contributed by atoms with Crippen molar-refractivity contribution in [2.24, 2.45) is 4.99 Å². The largest absolute Gasteiger partial charge is 0.371 e. The van der Waals surface area contributed by atoms with E-state index >= 15 is 0 Å². The minimum Gasteiger partial charge on any atom is -0.371 e. The van der Waals surface area contributed by atoms with Crippen LogP contribution in [-0.4, -0.2) is 39.9 Å². The predicted octanol–water partition coefficient (Wildman–Crippen LogP) is 4.89. The average molecular weight is 393 g/mol. The van der Waals surface area contributed by atoms with Gasteiger partial charge in [-0.25, -0.2) is 0 Å². The third kappa shape index (κ3) is 3.00. The Bertz CT molecular complexity index is 904. The summed E-state index contributed by atoms with van der Waals surface area (Å²) in [6, 6.07) is 11.3. The lowest BCUT2D eigenvalue weighted by molar-refractivity contribution is 0.320. The molecule has 0 bridgehead atoms. The number of aromatic nitrogens is 1. The molecule has 0 radical (unpaired) electrons. The van der Waals surface area contributed by atoms with E-state index in [1.807, 2.05) is 24.0 Å². The van der Waals surface area contributed by atoms with Crippen LogP contribution in [0.5, 0.6) is 0 Å². The number of hydrogen-bond donors (Lipinski definition) is 0. The number of pyridine rings is 1. The second-order valence-electron chi connectivity index (χ2n) is 8.33. The van der Waals surface area contributed by atoms with Gasteiger partial charge in [-0.3, -0.25) is 9.98 Å². The van der Waals surface area contributed by atoms with Crippen molar-refractivity contribution in [3.63, 3.8) is 0 Å². The van der Waals surface area contributed by atoms with Crippen LogP contribution in [-0.2, 0) is 0 Å². The van der Waals surface area contributed by atoms with Crippen LogP contribution in [0.3, 0.4) is 0 Å². The molecule has 1 aromatic heterocycles. The van der Waals surface area contributed by atoms with Gasteiger partial charge in [-0.15, -0.1) is 0 Å². The fourth-order valence-electron chi connectivity index (χ4n) is 4.89. The molecule has 0 spiro atoms. The van der Waals surface area contributed by atoms with Crippen molar-refractivity contribution in [2.75, 3.05) is 24.5 Å². The number of anilines is 1. The SMILES string of the molecule is Cc1cc(N2CCCC2)c(C)cc1C1C(c2ccccn2)N=C2SC(C)CN21. The average Bonchev–Trinajstić information content (AvgIpc) is 3.40. The van der Waals surface area contributed by atoms with E-state index in [2.05, 4.69) is 59.8 Å². The van der Waals surface area contributed by atoms with E-state index in [9.17, 15) is 0 Å². The molecule has 3 atom stereocenters. The van der Waals surface area contributed by atoms with Gasteiger partial charge in [-0.05, 0) is 61.6 Å². The Morgan fingerprint density at radius 1 is 1.07 bits per heavy atom. The first-order valence-corrected chi connectivity index (χ1v) is 11.3. The molecule has 0 N–H and O–H groups in total. The van der Waals surface area contributed by atoms with Gasteiger partial charge in [0.25, 0.3) is 0 Å². The number of amidine groups is 1. The fraction of sp³-hybridized carbons (Fsp3) is 0.478. The lowest BCUT2D eigenvalue weighted by atomic mass is 9.91. The van der Waals surface area contributed by atoms with Crippen LogP contribution in [0.4, 0.5) is 5.69 Å². The Labute approximate surface area is 172 Å². The molecular weight excluding hydrogens is 364 g/mol. The highest BCUT2D eigenvalue weighted by atomic mass is 32.2. The summed E-state index contributed by atoms with van der Waals surface area (Å²) in [5.41, 5.74) is 6.65. The molecule has 2 aromatic rings. The molecule has 3 aliphatic heterocycles. The van der Waals surface area contributed by atoms with Crippen LogP contribution >= 0.6 is 11.8 Å². The van der Waals surface area contributed by atoms with Gasteiger partial charge in [-0.2, -0.15) is 0 Å². The number of aliphatic imine (C=N–C) groups is 1. The highest BCUT2D eigenvalue weighted by molar-refractivity contribution is 8.14. The van der Waals surface area contributed by atoms with Crippen molar-refractivity contribution >= 4 is 22.6 Å². The molecule has 2 saturated heterocycles. The van der Waals surface area contributed by atoms with E-state index in [1.54, 1.807) is 0 Å². The highest BCUT2D eigenvalue weighted by Crippen LogP contribution is 2.48. The van der Waals surface area contributed by atoms with Gasteiger partial charge in [0.1, 0.15) is 6.04 Å². The van der Waals surface area contributed by atoms with Gasteiger partial charge < -0.3 is 9.80 Å². The molecule has 146 valence electrons. The predicted molar refractivity (Wildman–Crippen MR) is 118 cm³/mol.